The standard InChI is InChI=1S/C14H22N2O/c1-16-9-2-3-13(8-10-16)15-14-6-4-12(11-17)5-7-14/h4-7,13,15,17H,2-3,8-11H2,1H3. The average Bonchev–Trinajstić information content (AvgIpc) is 2.56. The van der Waals surface area contributed by atoms with Crippen molar-refractivity contribution in [1.82, 2.24) is 4.90 Å². The lowest BCUT2D eigenvalue weighted by Crippen LogP contribution is -2.22. The van der Waals surface area contributed by atoms with Crippen molar-refractivity contribution in [1.29, 1.82) is 0 Å². The first kappa shape index (κ1) is 12.4. The Labute approximate surface area is 103 Å². The molecule has 2 rings (SSSR count). The Morgan fingerprint density at radius 2 is 2.00 bits per heavy atom. The van der Waals surface area contributed by atoms with E-state index in [9.17, 15) is 0 Å². The van der Waals surface area contributed by atoms with Crippen LogP contribution in [-0.2, 0) is 6.61 Å². The quantitative estimate of drug-likeness (QED) is 0.840. The summed E-state index contributed by atoms with van der Waals surface area (Å²) in [4.78, 5) is 2.40. The monoisotopic (exact) mass is 234 g/mol. The van der Waals surface area contributed by atoms with Crippen LogP contribution in [0.3, 0.4) is 0 Å². The van der Waals surface area contributed by atoms with Gasteiger partial charge in [-0.3, -0.25) is 0 Å². The van der Waals surface area contributed by atoms with Gasteiger partial charge in [-0.15, -0.1) is 0 Å². The summed E-state index contributed by atoms with van der Waals surface area (Å²) in [7, 11) is 2.19. The maximum atomic E-state index is 8.99. The van der Waals surface area contributed by atoms with E-state index in [4.69, 9.17) is 5.11 Å². The van der Waals surface area contributed by atoms with E-state index in [0.29, 0.717) is 6.04 Å². The van der Waals surface area contributed by atoms with Crippen LogP contribution in [0.4, 0.5) is 5.69 Å². The summed E-state index contributed by atoms with van der Waals surface area (Å²) in [5.74, 6) is 0. The molecule has 1 heterocycles. The number of likely N-dealkylation sites (tertiary alicyclic amines) is 1. The highest BCUT2D eigenvalue weighted by molar-refractivity contribution is 5.45. The summed E-state index contributed by atoms with van der Waals surface area (Å²) in [5, 5.41) is 12.6. The lowest BCUT2D eigenvalue weighted by atomic mass is 10.1. The molecule has 0 aromatic heterocycles. The Balaban J connectivity index is 1.90. The number of rotatable bonds is 3. The van der Waals surface area contributed by atoms with Gasteiger partial charge in [0.25, 0.3) is 0 Å². The van der Waals surface area contributed by atoms with Crippen molar-refractivity contribution in [2.45, 2.75) is 31.9 Å². The summed E-state index contributed by atoms with van der Waals surface area (Å²) in [6.07, 6.45) is 3.72. The third kappa shape index (κ3) is 3.72. The van der Waals surface area contributed by atoms with Gasteiger partial charge in [-0.25, -0.2) is 0 Å². The zero-order chi connectivity index (χ0) is 12.1. The number of nitrogens with one attached hydrogen (secondary N) is 1. The molecule has 1 aliphatic heterocycles. The summed E-state index contributed by atoms with van der Waals surface area (Å²) < 4.78 is 0. The first-order chi connectivity index (χ1) is 8.28. The van der Waals surface area contributed by atoms with Gasteiger partial charge in [-0.2, -0.15) is 0 Å². The van der Waals surface area contributed by atoms with Gasteiger partial charge in [0.2, 0.25) is 0 Å². The van der Waals surface area contributed by atoms with Gasteiger partial charge in [0, 0.05) is 11.7 Å². The summed E-state index contributed by atoms with van der Waals surface area (Å²) >= 11 is 0. The summed E-state index contributed by atoms with van der Waals surface area (Å²) in [6, 6.07) is 8.65. The van der Waals surface area contributed by atoms with Crippen LogP contribution >= 0.6 is 0 Å². The molecule has 0 saturated carbocycles. The molecule has 0 aliphatic carbocycles. The zero-order valence-corrected chi connectivity index (χ0v) is 10.5. The van der Waals surface area contributed by atoms with Gasteiger partial charge in [-0.1, -0.05) is 12.1 Å². The molecule has 1 aliphatic rings. The van der Waals surface area contributed by atoms with Crippen molar-refractivity contribution < 1.29 is 5.11 Å². The first-order valence-electron chi connectivity index (χ1n) is 6.43. The van der Waals surface area contributed by atoms with Crippen LogP contribution in [0.2, 0.25) is 0 Å². The van der Waals surface area contributed by atoms with Gasteiger partial charge in [0.05, 0.1) is 6.61 Å². The van der Waals surface area contributed by atoms with Crippen molar-refractivity contribution in [3.8, 4) is 0 Å². The molecule has 17 heavy (non-hydrogen) atoms. The fourth-order valence-electron chi connectivity index (χ4n) is 2.33. The second-order valence-corrected chi connectivity index (χ2v) is 4.93. The summed E-state index contributed by atoms with van der Waals surface area (Å²) in [5.41, 5.74) is 2.13. The lowest BCUT2D eigenvalue weighted by molar-refractivity contribution is 0.282. The van der Waals surface area contributed by atoms with Crippen LogP contribution < -0.4 is 5.32 Å². The third-order valence-electron chi connectivity index (χ3n) is 3.46. The Kier molecular flexibility index (Phi) is 4.40. The molecule has 2 N–H and O–H groups in total. The second-order valence-electron chi connectivity index (χ2n) is 4.93. The molecular formula is C14H22N2O. The number of benzene rings is 1. The number of hydrogen-bond acceptors (Lipinski definition) is 3. The molecule has 3 heteroatoms. The topological polar surface area (TPSA) is 35.5 Å². The van der Waals surface area contributed by atoms with Crippen LogP contribution in [0, 0.1) is 0 Å². The van der Waals surface area contributed by atoms with Crippen molar-refractivity contribution >= 4 is 5.69 Å². The highest BCUT2D eigenvalue weighted by Crippen LogP contribution is 2.17. The fourth-order valence-corrected chi connectivity index (χ4v) is 2.33. The van der Waals surface area contributed by atoms with Gasteiger partial charge in [0.1, 0.15) is 0 Å². The van der Waals surface area contributed by atoms with Crippen LogP contribution in [0.15, 0.2) is 24.3 Å². The van der Waals surface area contributed by atoms with Gasteiger partial charge >= 0.3 is 0 Å². The normalized spacial score (nSPS) is 22.1. The smallest absolute Gasteiger partial charge is 0.0681 e. The lowest BCUT2D eigenvalue weighted by Gasteiger charge is -2.18. The Morgan fingerprint density at radius 1 is 1.24 bits per heavy atom. The minimum absolute atomic E-state index is 0.120. The van der Waals surface area contributed by atoms with Crippen molar-refractivity contribution in [2.75, 3.05) is 25.5 Å². The largest absolute Gasteiger partial charge is 0.392 e. The predicted octanol–water partition coefficient (Wildman–Crippen LogP) is 2.08. The maximum Gasteiger partial charge on any atom is 0.0681 e. The third-order valence-corrected chi connectivity index (χ3v) is 3.46. The molecule has 1 aromatic rings. The highest BCUT2D eigenvalue weighted by Gasteiger charge is 2.14. The Bertz CT molecular complexity index is 337. The van der Waals surface area contributed by atoms with E-state index in [1.165, 1.54) is 32.4 Å². The van der Waals surface area contributed by atoms with E-state index in [1.54, 1.807) is 0 Å². The molecule has 1 saturated heterocycles. The Hall–Kier alpha value is -1.06. The number of nitrogens with zero attached hydrogens (tertiary/aromatic N) is 1. The first-order valence-corrected chi connectivity index (χ1v) is 6.43. The van der Waals surface area contributed by atoms with Crippen LogP contribution in [-0.4, -0.2) is 36.2 Å². The van der Waals surface area contributed by atoms with E-state index >= 15 is 0 Å². The van der Waals surface area contributed by atoms with Crippen molar-refractivity contribution in [3.05, 3.63) is 29.8 Å². The van der Waals surface area contributed by atoms with E-state index in [1.807, 2.05) is 12.1 Å². The average molecular weight is 234 g/mol. The number of hydrogen-bond donors (Lipinski definition) is 2. The van der Waals surface area contributed by atoms with E-state index < -0.39 is 0 Å². The zero-order valence-electron chi connectivity index (χ0n) is 10.5. The van der Waals surface area contributed by atoms with Crippen LogP contribution in [0.1, 0.15) is 24.8 Å². The van der Waals surface area contributed by atoms with Gasteiger partial charge in [-0.05, 0) is 57.1 Å². The number of anilines is 1. The molecule has 1 atom stereocenters. The Morgan fingerprint density at radius 3 is 2.71 bits per heavy atom. The van der Waals surface area contributed by atoms with E-state index in [0.717, 1.165) is 11.3 Å². The SMILES string of the molecule is CN1CCCC(Nc2ccc(CO)cc2)CC1. The van der Waals surface area contributed by atoms with Gasteiger partial charge in [0.15, 0.2) is 0 Å². The molecule has 1 aromatic carbocycles. The molecule has 1 unspecified atom stereocenters. The van der Waals surface area contributed by atoms with E-state index in [-0.39, 0.29) is 6.61 Å². The number of aliphatic hydroxyl groups is 1. The maximum absolute atomic E-state index is 8.99. The minimum atomic E-state index is 0.120. The molecule has 1 fully saturated rings. The van der Waals surface area contributed by atoms with Gasteiger partial charge < -0.3 is 15.3 Å². The van der Waals surface area contributed by atoms with E-state index in [2.05, 4.69) is 29.4 Å². The van der Waals surface area contributed by atoms with Crippen LogP contribution in [0.25, 0.3) is 0 Å². The summed E-state index contributed by atoms with van der Waals surface area (Å²) in [6.45, 7) is 2.50. The molecule has 0 amide bonds. The molecule has 0 spiro atoms. The molecular weight excluding hydrogens is 212 g/mol. The number of aliphatic hydroxyl groups excluding tert-OH is 1. The molecule has 0 bridgehead atoms. The highest BCUT2D eigenvalue weighted by atomic mass is 16.3. The molecule has 3 nitrogen and oxygen atoms in total. The molecule has 0 radical (unpaired) electrons. The van der Waals surface area contributed by atoms with Crippen molar-refractivity contribution in [2.24, 2.45) is 0 Å². The fraction of sp³-hybridized carbons (Fsp3) is 0.571. The molecule has 94 valence electrons. The van der Waals surface area contributed by atoms with Crippen molar-refractivity contribution in [3.63, 3.8) is 0 Å². The minimum Gasteiger partial charge on any atom is -0.392 e. The predicted molar refractivity (Wildman–Crippen MR) is 71.1 cm³/mol. The van der Waals surface area contributed by atoms with Crippen LogP contribution in [0.5, 0.6) is 0 Å². The second kappa shape index (κ2) is 6.03.